The lowest BCUT2D eigenvalue weighted by molar-refractivity contribution is -0.131. The molecule has 0 aromatic heterocycles. The van der Waals surface area contributed by atoms with E-state index in [1.54, 1.807) is 0 Å². The molecule has 0 bridgehead atoms. The number of hydrogen-bond donors (Lipinski definition) is 1. The highest BCUT2D eigenvalue weighted by Gasteiger charge is 2.20. The quantitative estimate of drug-likeness (QED) is 0.927. The van der Waals surface area contributed by atoms with Crippen LogP contribution in [-0.2, 0) is 11.2 Å². The molecule has 2 aromatic carbocycles. The number of likely N-dealkylation sites (tertiary alicyclic amines) is 1. The topological polar surface area (TPSA) is 46.3 Å². The van der Waals surface area contributed by atoms with Gasteiger partial charge in [0.15, 0.2) is 0 Å². The zero-order chi connectivity index (χ0) is 13.9. The summed E-state index contributed by atoms with van der Waals surface area (Å²) in [5.41, 5.74) is 6.96. The van der Waals surface area contributed by atoms with Crippen LogP contribution in [0.25, 0.3) is 10.8 Å². The maximum atomic E-state index is 12.3. The van der Waals surface area contributed by atoms with Crippen molar-refractivity contribution < 1.29 is 4.79 Å². The average molecular weight is 305 g/mol. The number of nitrogens with zero attached hydrogens (tertiary/aromatic N) is 1. The van der Waals surface area contributed by atoms with Gasteiger partial charge in [0.05, 0.1) is 6.42 Å². The standard InChI is InChI=1S/C17H20N2O.ClH/c18-16-7-9-19(10-8-16)17(20)12-13-5-6-14-3-1-2-4-15(14)11-13;/h1-6,11,16H,7-10,12,18H2;1H. The van der Waals surface area contributed by atoms with E-state index in [9.17, 15) is 4.79 Å². The molecule has 0 aliphatic carbocycles. The molecule has 1 amide bonds. The van der Waals surface area contributed by atoms with Crippen LogP contribution in [0.4, 0.5) is 0 Å². The van der Waals surface area contributed by atoms with Gasteiger partial charge in [0.1, 0.15) is 0 Å². The Bertz CT molecular complexity index is 621. The average Bonchev–Trinajstić information content (AvgIpc) is 2.48. The molecule has 3 rings (SSSR count). The van der Waals surface area contributed by atoms with Crippen LogP contribution in [-0.4, -0.2) is 29.9 Å². The summed E-state index contributed by atoms with van der Waals surface area (Å²) in [6.07, 6.45) is 2.33. The number of rotatable bonds is 2. The fourth-order valence-corrected chi connectivity index (χ4v) is 2.78. The second-order valence-corrected chi connectivity index (χ2v) is 5.58. The number of hydrogen-bond acceptors (Lipinski definition) is 2. The van der Waals surface area contributed by atoms with Crippen molar-refractivity contribution in [3.05, 3.63) is 48.0 Å². The lowest BCUT2D eigenvalue weighted by Gasteiger charge is -2.30. The molecule has 1 aliphatic rings. The van der Waals surface area contributed by atoms with E-state index in [1.807, 2.05) is 17.0 Å². The maximum absolute atomic E-state index is 12.3. The number of carbonyl (C=O) groups excluding carboxylic acids is 1. The highest BCUT2D eigenvalue weighted by Crippen LogP contribution is 2.17. The van der Waals surface area contributed by atoms with Gasteiger partial charge in [-0.1, -0.05) is 42.5 Å². The van der Waals surface area contributed by atoms with Crippen LogP contribution < -0.4 is 5.73 Å². The molecule has 2 N–H and O–H groups in total. The molecule has 112 valence electrons. The van der Waals surface area contributed by atoms with Crippen molar-refractivity contribution in [1.29, 1.82) is 0 Å². The largest absolute Gasteiger partial charge is 0.342 e. The van der Waals surface area contributed by atoms with E-state index in [1.165, 1.54) is 10.8 Å². The Kier molecular flexibility index (Phi) is 5.21. The van der Waals surface area contributed by atoms with Gasteiger partial charge in [0.2, 0.25) is 5.91 Å². The number of amides is 1. The second kappa shape index (κ2) is 6.92. The molecule has 0 radical (unpaired) electrons. The Hall–Kier alpha value is -1.58. The summed E-state index contributed by atoms with van der Waals surface area (Å²) in [6.45, 7) is 1.60. The molecule has 4 heteroatoms. The summed E-state index contributed by atoms with van der Waals surface area (Å²) in [6, 6.07) is 14.8. The summed E-state index contributed by atoms with van der Waals surface area (Å²) < 4.78 is 0. The first-order valence-corrected chi connectivity index (χ1v) is 7.23. The van der Waals surface area contributed by atoms with Gasteiger partial charge in [-0.05, 0) is 29.2 Å². The van der Waals surface area contributed by atoms with Gasteiger partial charge in [0.25, 0.3) is 0 Å². The monoisotopic (exact) mass is 304 g/mol. The molecule has 1 saturated heterocycles. The number of piperidine rings is 1. The van der Waals surface area contributed by atoms with E-state index >= 15 is 0 Å². The van der Waals surface area contributed by atoms with Gasteiger partial charge in [0, 0.05) is 19.1 Å². The Morgan fingerprint density at radius 3 is 2.48 bits per heavy atom. The minimum absolute atomic E-state index is 0. The molecule has 21 heavy (non-hydrogen) atoms. The lowest BCUT2D eigenvalue weighted by Crippen LogP contribution is -2.43. The van der Waals surface area contributed by atoms with Crippen LogP contribution >= 0.6 is 12.4 Å². The van der Waals surface area contributed by atoms with Gasteiger partial charge < -0.3 is 10.6 Å². The third-order valence-corrected chi connectivity index (χ3v) is 4.06. The van der Waals surface area contributed by atoms with E-state index in [0.717, 1.165) is 31.5 Å². The fourth-order valence-electron chi connectivity index (χ4n) is 2.78. The van der Waals surface area contributed by atoms with Crippen LogP contribution in [0.3, 0.4) is 0 Å². The first-order valence-electron chi connectivity index (χ1n) is 7.23. The highest BCUT2D eigenvalue weighted by molar-refractivity contribution is 5.86. The van der Waals surface area contributed by atoms with E-state index in [4.69, 9.17) is 5.73 Å². The van der Waals surface area contributed by atoms with Crippen molar-refractivity contribution in [3.8, 4) is 0 Å². The number of fused-ring (bicyclic) bond motifs is 1. The van der Waals surface area contributed by atoms with Gasteiger partial charge >= 0.3 is 0 Å². The van der Waals surface area contributed by atoms with Gasteiger partial charge in [-0.3, -0.25) is 4.79 Å². The van der Waals surface area contributed by atoms with E-state index < -0.39 is 0 Å². The second-order valence-electron chi connectivity index (χ2n) is 5.58. The maximum Gasteiger partial charge on any atom is 0.226 e. The number of carbonyl (C=O) groups is 1. The van der Waals surface area contributed by atoms with Crippen molar-refractivity contribution in [2.24, 2.45) is 5.73 Å². The molecular weight excluding hydrogens is 284 g/mol. The minimum Gasteiger partial charge on any atom is -0.342 e. The molecule has 0 spiro atoms. The van der Waals surface area contributed by atoms with Crippen molar-refractivity contribution in [1.82, 2.24) is 4.90 Å². The third-order valence-electron chi connectivity index (χ3n) is 4.06. The summed E-state index contributed by atoms with van der Waals surface area (Å²) in [5.74, 6) is 0.215. The summed E-state index contributed by atoms with van der Waals surface area (Å²) in [4.78, 5) is 14.2. The number of nitrogens with two attached hydrogens (primary N) is 1. The lowest BCUT2D eigenvalue weighted by atomic mass is 10.0. The van der Waals surface area contributed by atoms with Gasteiger partial charge in [-0.25, -0.2) is 0 Å². The first-order chi connectivity index (χ1) is 9.72. The van der Waals surface area contributed by atoms with E-state index in [-0.39, 0.29) is 24.4 Å². The van der Waals surface area contributed by atoms with Crippen molar-refractivity contribution >= 4 is 29.1 Å². The summed E-state index contributed by atoms with van der Waals surface area (Å²) >= 11 is 0. The Balaban J connectivity index is 0.00000161. The molecule has 0 saturated carbocycles. The molecule has 1 heterocycles. The smallest absolute Gasteiger partial charge is 0.226 e. The highest BCUT2D eigenvalue weighted by atomic mass is 35.5. The molecule has 2 aromatic rings. The SMILES string of the molecule is Cl.NC1CCN(C(=O)Cc2ccc3ccccc3c2)CC1. The Morgan fingerprint density at radius 1 is 1.10 bits per heavy atom. The zero-order valence-corrected chi connectivity index (χ0v) is 12.8. The van der Waals surface area contributed by atoms with Crippen LogP contribution in [0.1, 0.15) is 18.4 Å². The summed E-state index contributed by atoms with van der Waals surface area (Å²) in [5, 5.41) is 2.41. The fraction of sp³-hybridized carbons (Fsp3) is 0.353. The van der Waals surface area contributed by atoms with Crippen LogP contribution in [0.5, 0.6) is 0 Å². The van der Waals surface area contributed by atoms with Crippen molar-refractivity contribution in [2.75, 3.05) is 13.1 Å². The van der Waals surface area contributed by atoms with E-state index in [2.05, 4.69) is 30.3 Å². The van der Waals surface area contributed by atoms with Crippen molar-refractivity contribution in [2.45, 2.75) is 25.3 Å². The third kappa shape index (κ3) is 3.74. The zero-order valence-electron chi connectivity index (χ0n) is 12.0. The van der Waals surface area contributed by atoms with E-state index in [0.29, 0.717) is 6.42 Å². The Morgan fingerprint density at radius 2 is 1.76 bits per heavy atom. The molecule has 0 unspecified atom stereocenters. The first kappa shape index (κ1) is 15.8. The predicted molar refractivity (Wildman–Crippen MR) is 88.7 cm³/mol. The Labute approximate surface area is 131 Å². The minimum atomic E-state index is 0. The van der Waals surface area contributed by atoms with Crippen LogP contribution in [0.2, 0.25) is 0 Å². The normalized spacial score (nSPS) is 15.8. The van der Waals surface area contributed by atoms with Crippen molar-refractivity contribution in [3.63, 3.8) is 0 Å². The molecule has 0 atom stereocenters. The predicted octanol–water partition coefficient (Wildman–Crippen LogP) is 2.75. The molecule has 1 aliphatic heterocycles. The van der Waals surface area contributed by atoms with Gasteiger partial charge in [-0.15, -0.1) is 12.4 Å². The number of halogens is 1. The molecular formula is C17H21ClN2O. The van der Waals surface area contributed by atoms with Gasteiger partial charge in [-0.2, -0.15) is 0 Å². The molecule has 1 fully saturated rings. The van der Waals surface area contributed by atoms with Crippen LogP contribution in [0, 0.1) is 0 Å². The van der Waals surface area contributed by atoms with Crippen LogP contribution in [0.15, 0.2) is 42.5 Å². The number of benzene rings is 2. The molecule has 3 nitrogen and oxygen atoms in total. The summed E-state index contributed by atoms with van der Waals surface area (Å²) in [7, 11) is 0.